The molecule has 0 saturated carbocycles. The molecule has 0 saturated heterocycles. The molecule has 0 spiro atoms. The second kappa shape index (κ2) is 8.30. The number of nitrogens with one attached hydrogen (secondary N) is 1. The Morgan fingerprint density at radius 2 is 1.87 bits per heavy atom. The highest BCUT2D eigenvalue weighted by molar-refractivity contribution is 7.99. The zero-order chi connectivity index (χ0) is 16.7. The zero-order valence-corrected chi connectivity index (χ0v) is 13.0. The summed E-state index contributed by atoms with van der Waals surface area (Å²) in [6.07, 6.45) is 0.586. The Morgan fingerprint density at radius 3 is 2.52 bits per heavy atom. The number of hydrogen-bond acceptors (Lipinski definition) is 3. The van der Waals surface area contributed by atoms with E-state index in [-0.39, 0.29) is 12.3 Å². The summed E-state index contributed by atoms with van der Waals surface area (Å²) in [5.74, 6) is -1.47. The Balaban J connectivity index is 1.78. The van der Waals surface area contributed by atoms with Crippen LogP contribution in [0.3, 0.4) is 0 Å². The van der Waals surface area contributed by atoms with Crippen molar-refractivity contribution in [1.82, 2.24) is 0 Å². The van der Waals surface area contributed by atoms with E-state index in [4.69, 9.17) is 5.26 Å². The first kappa shape index (κ1) is 17.0. The normalized spacial score (nSPS) is 10.1. The van der Waals surface area contributed by atoms with Crippen LogP contribution >= 0.6 is 11.8 Å². The van der Waals surface area contributed by atoms with Crippen molar-refractivity contribution in [2.45, 2.75) is 17.7 Å². The molecule has 3 nitrogen and oxygen atoms in total. The van der Waals surface area contributed by atoms with Gasteiger partial charge in [-0.1, -0.05) is 12.1 Å². The summed E-state index contributed by atoms with van der Waals surface area (Å²) in [7, 11) is 0. The molecule has 0 aliphatic rings. The molecule has 0 heterocycles. The Morgan fingerprint density at radius 1 is 1.13 bits per heavy atom. The standard InChI is InChI=1S/C17H14F2N2OS/c18-15-6-5-14(11-16(15)19)23-10-8-17(22)21-13-3-1-12(2-4-13)7-9-20/h1-6,11H,7-8,10H2,(H,21,22). The predicted molar refractivity (Wildman–Crippen MR) is 86.1 cm³/mol. The molecule has 6 heteroatoms. The summed E-state index contributed by atoms with van der Waals surface area (Å²) >= 11 is 1.29. The molecule has 2 aromatic carbocycles. The Bertz CT molecular complexity index is 726. The Hall–Kier alpha value is -2.39. The van der Waals surface area contributed by atoms with E-state index >= 15 is 0 Å². The van der Waals surface area contributed by atoms with Gasteiger partial charge in [0.1, 0.15) is 0 Å². The van der Waals surface area contributed by atoms with Gasteiger partial charge in [0, 0.05) is 22.8 Å². The molecule has 2 rings (SSSR count). The monoisotopic (exact) mass is 332 g/mol. The lowest BCUT2D eigenvalue weighted by atomic mass is 10.1. The van der Waals surface area contributed by atoms with Gasteiger partial charge in [0.15, 0.2) is 11.6 Å². The van der Waals surface area contributed by atoms with Gasteiger partial charge in [-0.15, -0.1) is 11.8 Å². The van der Waals surface area contributed by atoms with Crippen LogP contribution in [-0.2, 0) is 11.2 Å². The van der Waals surface area contributed by atoms with Gasteiger partial charge in [-0.2, -0.15) is 5.26 Å². The van der Waals surface area contributed by atoms with E-state index in [1.807, 2.05) is 0 Å². The summed E-state index contributed by atoms with van der Waals surface area (Å²) in [5, 5.41) is 11.3. The number of halogens is 2. The number of carbonyl (C=O) groups is 1. The maximum absolute atomic E-state index is 13.1. The lowest BCUT2D eigenvalue weighted by molar-refractivity contribution is -0.115. The van der Waals surface area contributed by atoms with E-state index in [1.54, 1.807) is 24.3 Å². The molecule has 0 aliphatic carbocycles. The van der Waals surface area contributed by atoms with E-state index in [9.17, 15) is 13.6 Å². The SMILES string of the molecule is N#CCc1ccc(NC(=O)CCSc2ccc(F)c(F)c2)cc1. The third-order valence-corrected chi connectivity index (χ3v) is 4.01. The van der Waals surface area contributed by atoms with E-state index in [2.05, 4.69) is 11.4 Å². The molecular formula is C17H14F2N2OS. The summed E-state index contributed by atoms with van der Waals surface area (Å²) in [4.78, 5) is 12.4. The number of anilines is 1. The van der Waals surface area contributed by atoms with Crippen molar-refractivity contribution in [2.75, 3.05) is 11.1 Å². The lowest BCUT2D eigenvalue weighted by Crippen LogP contribution is -2.12. The Labute approximate surface area is 137 Å². The largest absolute Gasteiger partial charge is 0.326 e. The third-order valence-electron chi connectivity index (χ3n) is 3.01. The minimum Gasteiger partial charge on any atom is -0.326 e. The number of amides is 1. The van der Waals surface area contributed by atoms with E-state index in [0.29, 0.717) is 22.8 Å². The predicted octanol–water partition coefficient (Wildman–Crippen LogP) is 4.15. The zero-order valence-electron chi connectivity index (χ0n) is 12.2. The smallest absolute Gasteiger partial charge is 0.225 e. The molecule has 1 amide bonds. The first-order chi connectivity index (χ1) is 11.1. The van der Waals surface area contributed by atoms with Gasteiger partial charge in [0.05, 0.1) is 12.5 Å². The number of rotatable bonds is 6. The van der Waals surface area contributed by atoms with Crippen LogP contribution in [0.5, 0.6) is 0 Å². The van der Waals surface area contributed by atoms with Gasteiger partial charge in [-0.25, -0.2) is 8.78 Å². The van der Waals surface area contributed by atoms with Crippen LogP contribution < -0.4 is 5.32 Å². The number of nitrogens with zero attached hydrogens (tertiary/aromatic N) is 1. The van der Waals surface area contributed by atoms with Crippen LogP contribution in [0, 0.1) is 23.0 Å². The van der Waals surface area contributed by atoms with Crippen molar-refractivity contribution in [1.29, 1.82) is 5.26 Å². The van der Waals surface area contributed by atoms with Gasteiger partial charge >= 0.3 is 0 Å². The van der Waals surface area contributed by atoms with Crippen molar-refractivity contribution < 1.29 is 13.6 Å². The molecule has 0 aromatic heterocycles. The molecule has 0 aliphatic heterocycles. The molecule has 0 radical (unpaired) electrons. The van der Waals surface area contributed by atoms with Crippen LogP contribution in [0.4, 0.5) is 14.5 Å². The van der Waals surface area contributed by atoms with Crippen LogP contribution in [0.1, 0.15) is 12.0 Å². The van der Waals surface area contributed by atoms with Gasteiger partial charge in [0.25, 0.3) is 0 Å². The highest BCUT2D eigenvalue weighted by Gasteiger charge is 2.06. The summed E-state index contributed by atoms with van der Waals surface area (Å²) in [5.41, 5.74) is 1.55. The van der Waals surface area contributed by atoms with Gasteiger partial charge < -0.3 is 5.32 Å². The van der Waals surface area contributed by atoms with E-state index in [1.165, 1.54) is 17.8 Å². The summed E-state index contributed by atoms with van der Waals surface area (Å²) in [6, 6.07) is 12.8. The van der Waals surface area contributed by atoms with Crippen LogP contribution in [-0.4, -0.2) is 11.7 Å². The average molecular weight is 332 g/mol. The average Bonchev–Trinajstić information content (AvgIpc) is 2.53. The molecule has 118 valence electrons. The second-order valence-electron chi connectivity index (χ2n) is 4.75. The fraction of sp³-hybridized carbons (Fsp3) is 0.176. The minimum absolute atomic E-state index is 0.159. The first-order valence-corrected chi connectivity index (χ1v) is 7.90. The lowest BCUT2D eigenvalue weighted by Gasteiger charge is -2.06. The molecule has 2 aromatic rings. The van der Waals surface area contributed by atoms with Crippen LogP contribution in [0.2, 0.25) is 0 Å². The van der Waals surface area contributed by atoms with Crippen molar-refractivity contribution in [3.8, 4) is 6.07 Å². The number of nitriles is 1. The van der Waals surface area contributed by atoms with Gasteiger partial charge in [-0.05, 0) is 35.9 Å². The van der Waals surface area contributed by atoms with E-state index in [0.717, 1.165) is 17.7 Å². The van der Waals surface area contributed by atoms with Crippen LogP contribution in [0.25, 0.3) is 0 Å². The number of carbonyl (C=O) groups excluding carboxylic acids is 1. The third kappa shape index (κ3) is 5.38. The molecular weight excluding hydrogens is 318 g/mol. The summed E-state index contributed by atoms with van der Waals surface area (Å²) in [6.45, 7) is 0. The van der Waals surface area contributed by atoms with Gasteiger partial charge in [-0.3, -0.25) is 4.79 Å². The van der Waals surface area contributed by atoms with E-state index < -0.39 is 11.6 Å². The second-order valence-corrected chi connectivity index (χ2v) is 5.92. The summed E-state index contributed by atoms with van der Waals surface area (Å²) < 4.78 is 25.9. The quantitative estimate of drug-likeness (QED) is 0.809. The van der Waals surface area contributed by atoms with Crippen molar-refractivity contribution in [2.24, 2.45) is 0 Å². The molecule has 0 atom stereocenters. The molecule has 0 unspecified atom stereocenters. The maximum Gasteiger partial charge on any atom is 0.225 e. The number of benzene rings is 2. The molecule has 23 heavy (non-hydrogen) atoms. The van der Waals surface area contributed by atoms with Gasteiger partial charge in [0.2, 0.25) is 5.91 Å². The highest BCUT2D eigenvalue weighted by atomic mass is 32.2. The first-order valence-electron chi connectivity index (χ1n) is 6.92. The highest BCUT2D eigenvalue weighted by Crippen LogP contribution is 2.21. The molecule has 1 N–H and O–H groups in total. The number of hydrogen-bond donors (Lipinski definition) is 1. The van der Waals surface area contributed by atoms with Crippen molar-refractivity contribution in [3.05, 3.63) is 59.7 Å². The fourth-order valence-electron chi connectivity index (χ4n) is 1.85. The molecule has 0 fully saturated rings. The molecule has 0 bridgehead atoms. The number of thioether (sulfide) groups is 1. The van der Waals surface area contributed by atoms with Crippen molar-refractivity contribution >= 4 is 23.4 Å². The minimum atomic E-state index is -0.892. The topological polar surface area (TPSA) is 52.9 Å². The van der Waals surface area contributed by atoms with Crippen molar-refractivity contribution in [3.63, 3.8) is 0 Å². The van der Waals surface area contributed by atoms with Crippen LogP contribution in [0.15, 0.2) is 47.4 Å². The fourth-order valence-corrected chi connectivity index (χ4v) is 2.72. The Kier molecular flexibility index (Phi) is 6.12. The maximum atomic E-state index is 13.1.